The minimum absolute atomic E-state index is 0.353. The molecule has 1 N–H and O–H groups in total. The fraction of sp³-hybridized carbons (Fsp3) is 0.500. The van der Waals surface area contributed by atoms with Crippen LogP contribution in [0.1, 0.15) is 6.92 Å². The van der Waals surface area contributed by atoms with E-state index in [1.807, 2.05) is 6.92 Å². The highest BCUT2D eigenvalue weighted by molar-refractivity contribution is 7.84. The average Bonchev–Trinajstić information content (AvgIpc) is 2.17. The largest absolute Gasteiger partial charge is 0.368 e. The van der Waals surface area contributed by atoms with Crippen molar-refractivity contribution in [1.82, 2.24) is 9.97 Å². The first-order valence-corrected chi connectivity index (χ1v) is 6.15. The molecule has 1 aromatic rings. The van der Waals surface area contributed by atoms with Crippen LogP contribution in [0.5, 0.6) is 0 Å². The van der Waals surface area contributed by atoms with Crippen molar-refractivity contribution in [3.8, 4) is 0 Å². The van der Waals surface area contributed by atoms with E-state index in [0.29, 0.717) is 29.0 Å². The van der Waals surface area contributed by atoms with Gasteiger partial charge in [-0.1, -0.05) is 18.5 Å². The zero-order valence-electron chi connectivity index (χ0n) is 7.86. The van der Waals surface area contributed by atoms with Gasteiger partial charge in [-0.3, -0.25) is 9.19 Å². The zero-order chi connectivity index (χ0) is 10.4. The van der Waals surface area contributed by atoms with Crippen molar-refractivity contribution < 1.29 is 4.21 Å². The third-order valence-corrected chi connectivity index (χ3v) is 3.05. The van der Waals surface area contributed by atoms with Gasteiger partial charge in [-0.05, 0) is 0 Å². The molecule has 0 bridgehead atoms. The molecular formula is C8H12ClN3OS. The Balaban J connectivity index is 2.35. The standard InChI is InChI=1S/C8H12ClN3OS/c1-2-14(13)4-3-11-8-6-10-5-7(9)12-8/h5-6H,2-4H2,1H3,(H,11,12). The van der Waals surface area contributed by atoms with Crippen molar-refractivity contribution in [2.24, 2.45) is 0 Å². The van der Waals surface area contributed by atoms with Gasteiger partial charge in [0.1, 0.15) is 11.0 Å². The smallest absolute Gasteiger partial charge is 0.149 e. The molecule has 1 rings (SSSR count). The Morgan fingerprint density at radius 1 is 1.57 bits per heavy atom. The molecule has 0 fully saturated rings. The van der Waals surface area contributed by atoms with Crippen molar-refractivity contribution in [2.45, 2.75) is 6.92 Å². The van der Waals surface area contributed by atoms with Crippen LogP contribution in [0.15, 0.2) is 12.4 Å². The minimum atomic E-state index is -0.750. The van der Waals surface area contributed by atoms with Gasteiger partial charge in [0.2, 0.25) is 0 Å². The maximum Gasteiger partial charge on any atom is 0.149 e. The predicted octanol–water partition coefficient (Wildman–Crippen LogP) is 1.31. The molecule has 14 heavy (non-hydrogen) atoms. The van der Waals surface area contributed by atoms with Gasteiger partial charge in [-0.25, -0.2) is 4.98 Å². The van der Waals surface area contributed by atoms with Gasteiger partial charge in [-0.15, -0.1) is 0 Å². The molecule has 0 amide bonds. The van der Waals surface area contributed by atoms with E-state index >= 15 is 0 Å². The van der Waals surface area contributed by atoms with Gasteiger partial charge in [0.15, 0.2) is 0 Å². The molecule has 0 aliphatic carbocycles. The SMILES string of the molecule is CCS(=O)CCNc1cncc(Cl)n1. The predicted molar refractivity (Wildman–Crippen MR) is 59.1 cm³/mol. The summed E-state index contributed by atoms with van der Waals surface area (Å²) in [5, 5.41) is 3.35. The Kier molecular flexibility index (Phi) is 4.82. The van der Waals surface area contributed by atoms with Crippen LogP contribution in [-0.4, -0.2) is 32.2 Å². The first-order valence-electron chi connectivity index (χ1n) is 4.28. The van der Waals surface area contributed by atoms with E-state index < -0.39 is 10.8 Å². The number of hydrogen-bond acceptors (Lipinski definition) is 4. The molecule has 0 aliphatic rings. The number of nitrogens with zero attached hydrogens (tertiary/aromatic N) is 2. The second-order valence-electron chi connectivity index (χ2n) is 2.59. The van der Waals surface area contributed by atoms with Crippen molar-refractivity contribution in [3.63, 3.8) is 0 Å². The van der Waals surface area contributed by atoms with E-state index in [2.05, 4.69) is 15.3 Å². The number of rotatable bonds is 5. The molecule has 1 heterocycles. The van der Waals surface area contributed by atoms with E-state index in [1.54, 1.807) is 6.20 Å². The van der Waals surface area contributed by atoms with Crippen molar-refractivity contribution in [3.05, 3.63) is 17.5 Å². The van der Waals surface area contributed by atoms with Crippen LogP contribution >= 0.6 is 11.6 Å². The lowest BCUT2D eigenvalue weighted by molar-refractivity contribution is 0.684. The molecule has 1 atom stereocenters. The molecular weight excluding hydrogens is 222 g/mol. The summed E-state index contributed by atoms with van der Waals surface area (Å²) in [6.07, 6.45) is 3.05. The molecule has 4 nitrogen and oxygen atoms in total. The summed E-state index contributed by atoms with van der Waals surface area (Å²) in [7, 11) is -0.750. The number of halogens is 1. The highest BCUT2D eigenvalue weighted by Crippen LogP contribution is 2.05. The van der Waals surface area contributed by atoms with Crippen LogP contribution < -0.4 is 5.32 Å². The van der Waals surface area contributed by atoms with Crippen LogP contribution in [0, 0.1) is 0 Å². The van der Waals surface area contributed by atoms with Crippen LogP contribution in [0.2, 0.25) is 5.15 Å². The third-order valence-electron chi connectivity index (χ3n) is 1.56. The maximum absolute atomic E-state index is 11.1. The minimum Gasteiger partial charge on any atom is -0.368 e. The molecule has 0 aromatic carbocycles. The summed E-state index contributed by atoms with van der Waals surface area (Å²) in [6.45, 7) is 2.52. The lowest BCUT2D eigenvalue weighted by atomic mass is 10.6. The summed E-state index contributed by atoms with van der Waals surface area (Å²) < 4.78 is 11.1. The normalized spacial score (nSPS) is 12.4. The average molecular weight is 234 g/mol. The van der Waals surface area contributed by atoms with Gasteiger partial charge in [0.05, 0.1) is 12.4 Å². The summed E-state index contributed by atoms with van der Waals surface area (Å²) in [6, 6.07) is 0. The number of nitrogens with one attached hydrogen (secondary N) is 1. The molecule has 0 spiro atoms. The summed E-state index contributed by atoms with van der Waals surface area (Å²) in [5.74, 6) is 1.92. The van der Waals surface area contributed by atoms with Gasteiger partial charge in [0.25, 0.3) is 0 Å². The van der Waals surface area contributed by atoms with Crippen molar-refractivity contribution in [2.75, 3.05) is 23.4 Å². The summed E-state index contributed by atoms with van der Waals surface area (Å²) in [4.78, 5) is 7.86. The van der Waals surface area contributed by atoms with E-state index in [9.17, 15) is 4.21 Å². The first kappa shape index (κ1) is 11.4. The quantitative estimate of drug-likeness (QED) is 0.833. The van der Waals surface area contributed by atoms with Crippen LogP contribution in [0.3, 0.4) is 0 Å². The van der Waals surface area contributed by atoms with Crippen LogP contribution in [-0.2, 0) is 10.8 Å². The van der Waals surface area contributed by atoms with Gasteiger partial charge < -0.3 is 5.32 Å². The van der Waals surface area contributed by atoms with E-state index in [0.717, 1.165) is 0 Å². The molecule has 6 heteroatoms. The number of aromatic nitrogens is 2. The highest BCUT2D eigenvalue weighted by Gasteiger charge is 1.97. The number of anilines is 1. The van der Waals surface area contributed by atoms with Gasteiger partial charge in [-0.2, -0.15) is 0 Å². The second-order valence-corrected chi connectivity index (χ2v) is 4.84. The first-order chi connectivity index (χ1) is 6.72. The second kappa shape index (κ2) is 5.93. The monoisotopic (exact) mass is 233 g/mol. The highest BCUT2D eigenvalue weighted by atomic mass is 35.5. The Bertz CT molecular complexity index is 321. The van der Waals surface area contributed by atoms with E-state index in [4.69, 9.17) is 11.6 Å². The topological polar surface area (TPSA) is 54.9 Å². The van der Waals surface area contributed by atoms with Crippen molar-refractivity contribution >= 4 is 28.2 Å². The lowest BCUT2D eigenvalue weighted by Crippen LogP contribution is -2.12. The molecule has 1 aromatic heterocycles. The zero-order valence-corrected chi connectivity index (χ0v) is 9.44. The fourth-order valence-electron chi connectivity index (χ4n) is 0.865. The van der Waals surface area contributed by atoms with Crippen molar-refractivity contribution in [1.29, 1.82) is 0 Å². The molecule has 0 saturated carbocycles. The Morgan fingerprint density at radius 3 is 3.00 bits per heavy atom. The van der Waals surface area contributed by atoms with E-state index in [1.165, 1.54) is 6.20 Å². The molecule has 0 radical (unpaired) electrons. The maximum atomic E-state index is 11.1. The number of hydrogen-bond donors (Lipinski definition) is 1. The van der Waals surface area contributed by atoms with E-state index in [-0.39, 0.29) is 0 Å². The Morgan fingerprint density at radius 2 is 2.36 bits per heavy atom. The van der Waals surface area contributed by atoms with Crippen LogP contribution in [0.4, 0.5) is 5.82 Å². The Labute approximate surface area is 90.6 Å². The fourth-order valence-corrected chi connectivity index (χ4v) is 1.63. The van der Waals surface area contributed by atoms with Gasteiger partial charge in [0, 0.05) is 28.9 Å². The summed E-state index contributed by atoms with van der Waals surface area (Å²) in [5.41, 5.74) is 0. The lowest BCUT2D eigenvalue weighted by Gasteiger charge is -2.03. The molecule has 78 valence electrons. The molecule has 0 aliphatic heterocycles. The molecule has 0 saturated heterocycles. The molecule has 1 unspecified atom stereocenters. The summed E-state index contributed by atoms with van der Waals surface area (Å²) >= 11 is 5.64. The van der Waals surface area contributed by atoms with Gasteiger partial charge >= 0.3 is 0 Å². The Hall–Kier alpha value is -0.680. The van der Waals surface area contributed by atoms with Crippen LogP contribution in [0.25, 0.3) is 0 Å². The third kappa shape index (κ3) is 4.02.